The number of anilines is 1. The molecule has 1 heterocycles. The minimum absolute atomic E-state index is 0.632. The van der Waals surface area contributed by atoms with Gasteiger partial charge in [-0.25, -0.2) is 4.79 Å². The van der Waals surface area contributed by atoms with Gasteiger partial charge in [-0.15, -0.1) is 0 Å². The Morgan fingerprint density at radius 1 is 1.05 bits per heavy atom. The molecule has 0 aliphatic carbocycles. The zero-order valence-electron chi connectivity index (χ0n) is 11.5. The molecular formula is C17H14N2O2. The first-order valence-electron chi connectivity index (χ1n) is 6.57. The summed E-state index contributed by atoms with van der Waals surface area (Å²) in [5.41, 5.74) is 2.47. The van der Waals surface area contributed by atoms with Crippen LogP contribution in [-0.4, -0.2) is 23.2 Å². The quantitative estimate of drug-likeness (QED) is 0.770. The molecule has 0 aliphatic heterocycles. The topological polar surface area (TPSA) is 53.4 Å². The Morgan fingerprint density at radius 3 is 2.38 bits per heavy atom. The Labute approximate surface area is 122 Å². The fourth-order valence-electron chi connectivity index (χ4n) is 2.21. The molecule has 104 valence electrons. The summed E-state index contributed by atoms with van der Waals surface area (Å²) in [4.78, 5) is 16.5. The van der Waals surface area contributed by atoms with Crippen LogP contribution in [0.3, 0.4) is 0 Å². The number of nitrogens with zero attached hydrogens (tertiary/aromatic N) is 2. The van der Waals surface area contributed by atoms with Gasteiger partial charge in [-0.1, -0.05) is 36.4 Å². The lowest BCUT2D eigenvalue weighted by Gasteiger charge is -2.13. The van der Waals surface area contributed by atoms with E-state index in [2.05, 4.69) is 4.98 Å². The first-order chi connectivity index (χ1) is 10.1. The number of hydrogen-bond acceptors (Lipinski definition) is 2. The number of rotatable bonds is 2. The van der Waals surface area contributed by atoms with Crippen molar-refractivity contribution >= 4 is 22.6 Å². The molecule has 1 aromatic heterocycles. The zero-order chi connectivity index (χ0) is 14.8. The maximum Gasteiger partial charge on any atom is 0.411 e. The van der Waals surface area contributed by atoms with E-state index in [0.717, 1.165) is 22.0 Å². The Kier molecular flexibility index (Phi) is 3.28. The van der Waals surface area contributed by atoms with Gasteiger partial charge in [0.25, 0.3) is 0 Å². The van der Waals surface area contributed by atoms with E-state index in [1.165, 1.54) is 11.9 Å². The second kappa shape index (κ2) is 5.25. The molecule has 0 bridgehead atoms. The van der Waals surface area contributed by atoms with Gasteiger partial charge in [0.1, 0.15) is 0 Å². The van der Waals surface area contributed by atoms with Crippen LogP contribution in [-0.2, 0) is 0 Å². The van der Waals surface area contributed by atoms with Gasteiger partial charge in [-0.05, 0) is 23.6 Å². The fraction of sp³-hybridized carbons (Fsp3) is 0.0588. The van der Waals surface area contributed by atoms with E-state index in [-0.39, 0.29) is 0 Å². The highest BCUT2D eigenvalue weighted by Crippen LogP contribution is 2.24. The van der Waals surface area contributed by atoms with Crippen LogP contribution >= 0.6 is 0 Å². The number of hydrogen-bond donors (Lipinski definition) is 1. The molecule has 0 fully saturated rings. The third-order valence-electron chi connectivity index (χ3n) is 3.47. The summed E-state index contributed by atoms with van der Waals surface area (Å²) in [5.74, 6) is 0. The molecule has 0 saturated carbocycles. The molecule has 0 saturated heterocycles. The fourth-order valence-corrected chi connectivity index (χ4v) is 2.21. The third-order valence-corrected chi connectivity index (χ3v) is 3.47. The number of carbonyl (C=O) groups is 1. The van der Waals surface area contributed by atoms with Gasteiger partial charge in [0.15, 0.2) is 0 Å². The summed E-state index contributed by atoms with van der Waals surface area (Å²) in [5, 5.41) is 11.2. The van der Waals surface area contributed by atoms with Gasteiger partial charge in [-0.3, -0.25) is 9.88 Å². The number of amides is 1. The second-order valence-electron chi connectivity index (χ2n) is 4.81. The van der Waals surface area contributed by atoms with E-state index in [0.29, 0.717) is 5.69 Å². The first-order valence-corrected chi connectivity index (χ1v) is 6.57. The van der Waals surface area contributed by atoms with Gasteiger partial charge in [0.05, 0.1) is 5.69 Å². The second-order valence-corrected chi connectivity index (χ2v) is 4.81. The van der Waals surface area contributed by atoms with Crippen molar-refractivity contribution in [3.63, 3.8) is 0 Å². The maximum absolute atomic E-state index is 10.9. The average molecular weight is 278 g/mol. The minimum atomic E-state index is -0.980. The highest BCUT2D eigenvalue weighted by Gasteiger charge is 2.08. The maximum atomic E-state index is 10.9. The van der Waals surface area contributed by atoms with Crippen molar-refractivity contribution in [2.45, 2.75) is 0 Å². The van der Waals surface area contributed by atoms with Crippen LogP contribution in [0.1, 0.15) is 0 Å². The third kappa shape index (κ3) is 2.56. The van der Waals surface area contributed by atoms with Gasteiger partial charge >= 0.3 is 6.09 Å². The number of benzene rings is 2. The van der Waals surface area contributed by atoms with Gasteiger partial charge in [-0.2, -0.15) is 0 Å². The largest absolute Gasteiger partial charge is 0.465 e. The molecule has 3 rings (SSSR count). The van der Waals surface area contributed by atoms with E-state index >= 15 is 0 Å². The lowest BCUT2D eigenvalue weighted by molar-refractivity contribution is 0.203. The molecule has 0 radical (unpaired) electrons. The van der Waals surface area contributed by atoms with E-state index < -0.39 is 6.09 Å². The van der Waals surface area contributed by atoms with Gasteiger partial charge in [0.2, 0.25) is 0 Å². The van der Waals surface area contributed by atoms with E-state index in [4.69, 9.17) is 5.11 Å². The Balaban J connectivity index is 1.97. The van der Waals surface area contributed by atoms with Crippen molar-refractivity contribution < 1.29 is 9.90 Å². The van der Waals surface area contributed by atoms with Crippen LogP contribution in [0.25, 0.3) is 22.0 Å². The Bertz CT molecular complexity index is 797. The van der Waals surface area contributed by atoms with Gasteiger partial charge < -0.3 is 5.11 Å². The highest BCUT2D eigenvalue weighted by molar-refractivity contribution is 5.87. The minimum Gasteiger partial charge on any atom is -0.465 e. The molecule has 0 aliphatic rings. The van der Waals surface area contributed by atoms with Crippen molar-refractivity contribution in [3.05, 3.63) is 60.8 Å². The molecule has 3 aromatic rings. The normalized spacial score (nSPS) is 10.5. The van der Waals surface area contributed by atoms with Crippen molar-refractivity contribution in [1.82, 2.24) is 4.98 Å². The summed E-state index contributed by atoms with van der Waals surface area (Å²) in [6.07, 6.45) is 0.869. The van der Waals surface area contributed by atoms with Crippen LogP contribution in [0.2, 0.25) is 0 Å². The van der Waals surface area contributed by atoms with E-state index in [9.17, 15) is 4.79 Å². The van der Waals surface area contributed by atoms with Crippen LogP contribution in [0, 0.1) is 0 Å². The van der Waals surface area contributed by atoms with Crippen molar-refractivity contribution in [1.29, 1.82) is 0 Å². The van der Waals surface area contributed by atoms with Crippen molar-refractivity contribution in [2.24, 2.45) is 0 Å². The smallest absolute Gasteiger partial charge is 0.411 e. The SMILES string of the molecule is CN(C(=O)O)c1ccc(-c2cc3ccccc3cn2)cc1. The lowest BCUT2D eigenvalue weighted by atomic mass is 10.1. The summed E-state index contributed by atoms with van der Waals surface area (Å²) in [6, 6.07) is 17.4. The number of pyridine rings is 1. The molecule has 0 atom stereocenters. The standard InChI is InChI=1S/C17H14N2O2/c1-19(17(20)21)15-8-6-12(7-9-15)16-10-13-4-2-3-5-14(13)11-18-16/h2-11H,1H3,(H,20,21). The molecule has 1 amide bonds. The molecule has 1 N–H and O–H groups in total. The number of carboxylic acid groups (broad SMARTS) is 1. The average Bonchev–Trinajstić information content (AvgIpc) is 2.54. The molecule has 4 nitrogen and oxygen atoms in total. The van der Waals surface area contributed by atoms with Crippen LogP contribution < -0.4 is 4.90 Å². The summed E-state index contributed by atoms with van der Waals surface area (Å²) >= 11 is 0. The van der Waals surface area contributed by atoms with E-state index in [1.807, 2.05) is 48.7 Å². The van der Waals surface area contributed by atoms with E-state index in [1.54, 1.807) is 12.1 Å². The Hall–Kier alpha value is -2.88. The molecule has 0 unspecified atom stereocenters. The van der Waals surface area contributed by atoms with Gasteiger partial charge in [0, 0.05) is 29.9 Å². The summed E-state index contributed by atoms with van der Waals surface area (Å²) in [6.45, 7) is 0. The zero-order valence-corrected chi connectivity index (χ0v) is 11.5. The monoisotopic (exact) mass is 278 g/mol. The molecule has 4 heteroatoms. The number of fused-ring (bicyclic) bond motifs is 1. The molecular weight excluding hydrogens is 264 g/mol. The van der Waals surface area contributed by atoms with Crippen LogP contribution in [0.15, 0.2) is 60.8 Å². The lowest BCUT2D eigenvalue weighted by Crippen LogP contribution is -2.23. The Morgan fingerprint density at radius 2 is 1.71 bits per heavy atom. The van der Waals surface area contributed by atoms with Crippen molar-refractivity contribution in [3.8, 4) is 11.3 Å². The highest BCUT2D eigenvalue weighted by atomic mass is 16.4. The first kappa shape index (κ1) is 13.1. The summed E-state index contributed by atoms with van der Waals surface area (Å²) in [7, 11) is 1.52. The molecule has 2 aromatic carbocycles. The molecule has 21 heavy (non-hydrogen) atoms. The predicted molar refractivity (Wildman–Crippen MR) is 83.6 cm³/mol. The summed E-state index contributed by atoms with van der Waals surface area (Å²) < 4.78 is 0. The van der Waals surface area contributed by atoms with Crippen LogP contribution in [0.4, 0.5) is 10.5 Å². The number of aromatic nitrogens is 1. The van der Waals surface area contributed by atoms with Crippen LogP contribution in [0.5, 0.6) is 0 Å². The van der Waals surface area contributed by atoms with Crippen molar-refractivity contribution in [2.75, 3.05) is 11.9 Å². The predicted octanol–water partition coefficient (Wildman–Crippen LogP) is 4.02. The molecule has 0 spiro atoms.